The minimum atomic E-state index is -0.516. The van der Waals surface area contributed by atoms with E-state index in [1.807, 2.05) is 12.1 Å². The Morgan fingerprint density at radius 2 is 1.60 bits per heavy atom. The zero-order valence-electron chi connectivity index (χ0n) is 19.3. The van der Waals surface area contributed by atoms with Crippen LogP contribution in [0.1, 0.15) is 39.4 Å². The van der Waals surface area contributed by atoms with Gasteiger partial charge >= 0.3 is 5.97 Å². The number of rotatable bonds is 5. The molecule has 0 bridgehead atoms. The van der Waals surface area contributed by atoms with Gasteiger partial charge in [-0.1, -0.05) is 12.1 Å². The zero-order valence-corrected chi connectivity index (χ0v) is 19.3. The molecule has 2 heterocycles. The maximum Gasteiger partial charge on any atom is 0.312 e. The van der Waals surface area contributed by atoms with Crippen LogP contribution in [0, 0.1) is 0 Å². The summed E-state index contributed by atoms with van der Waals surface area (Å²) in [6, 6.07) is 13.7. The number of methoxy groups -OCH3 is 3. The first-order chi connectivity index (χ1) is 16.9. The Balaban J connectivity index is 1.61. The van der Waals surface area contributed by atoms with Gasteiger partial charge < -0.3 is 28.8 Å². The van der Waals surface area contributed by atoms with Crippen LogP contribution < -0.4 is 23.7 Å². The molecule has 0 radical (unpaired) electrons. The predicted octanol–water partition coefficient (Wildman–Crippen LogP) is 4.48. The molecule has 1 atom stereocenters. The van der Waals surface area contributed by atoms with Crippen molar-refractivity contribution in [3.63, 3.8) is 0 Å². The topological polar surface area (TPSA) is 101 Å². The second-order valence-electron chi connectivity index (χ2n) is 8.07. The minimum absolute atomic E-state index is 0.00954. The van der Waals surface area contributed by atoms with Crippen LogP contribution in [0.15, 0.2) is 54.3 Å². The third-order valence-corrected chi connectivity index (χ3v) is 6.10. The lowest BCUT2D eigenvalue weighted by molar-refractivity contribution is -0.135. The van der Waals surface area contributed by atoms with Crippen LogP contribution in [-0.2, 0) is 4.79 Å². The van der Waals surface area contributed by atoms with Gasteiger partial charge in [-0.3, -0.25) is 9.59 Å². The molecule has 3 aromatic rings. The van der Waals surface area contributed by atoms with E-state index in [2.05, 4.69) is 0 Å². The van der Waals surface area contributed by atoms with Crippen molar-refractivity contribution in [3.8, 4) is 34.5 Å². The van der Waals surface area contributed by atoms with Crippen molar-refractivity contribution < 1.29 is 38.4 Å². The highest BCUT2D eigenvalue weighted by molar-refractivity contribution is 6.15. The van der Waals surface area contributed by atoms with Crippen LogP contribution in [0.2, 0.25) is 0 Å². The van der Waals surface area contributed by atoms with Crippen molar-refractivity contribution in [3.05, 3.63) is 76.5 Å². The normalized spacial score (nSPS) is 17.3. The molecule has 8 heteroatoms. The SMILES string of the molecule is COc1ccc(C=C2Oc3c(ccc4c3C(c3cc(OC)c(O)c(OC)c3)CC(=O)O4)C2=O)cc1. The summed E-state index contributed by atoms with van der Waals surface area (Å²) in [6.45, 7) is 0. The molecule has 1 unspecified atom stereocenters. The van der Waals surface area contributed by atoms with E-state index in [9.17, 15) is 14.7 Å². The number of hydrogen-bond acceptors (Lipinski definition) is 8. The number of phenols is 1. The molecular weight excluding hydrogens is 452 g/mol. The van der Waals surface area contributed by atoms with E-state index in [4.69, 9.17) is 23.7 Å². The third-order valence-electron chi connectivity index (χ3n) is 6.10. The Hall–Kier alpha value is -4.46. The summed E-state index contributed by atoms with van der Waals surface area (Å²) in [5.74, 6) is 0.563. The number of aromatic hydroxyl groups is 1. The Morgan fingerprint density at radius 3 is 2.23 bits per heavy atom. The van der Waals surface area contributed by atoms with Crippen LogP contribution in [0.25, 0.3) is 6.08 Å². The van der Waals surface area contributed by atoms with Gasteiger partial charge in [-0.2, -0.15) is 0 Å². The molecule has 0 saturated heterocycles. The number of allylic oxidation sites excluding steroid dienone is 1. The van der Waals surface area contributed by atoms with Crippen LogP contribution >= 0.6 is 0 Å². The number of carbonyl (C=O) groups is 2. The molecule has 8 nitrogen and oxygen atoms in total. The molecule has 0 amide bonds. The van der Waals surface area contributed by atoms with Crippen molar-refractivity contribution in [1.82, 2.24) is 0 Å². The van der Waals surface area contributed by atoms with Crippen molar-refractivity contribution >= 4 is 17.8 Å². The summed E-state index contributed by atoms with van der Waals surface area (Å²) < 4.78 is 27.3. The fourth-order valence-electron chi connectivity index (χ4n) is 4.36. The summed E-state index contributed by atoms with van der Waals surface area (Å²) in [6.07, 6.45) is 1.67. The molecule has 0 aliphatic carbocycles. The lowest BCUT2D eigenvalue weighted by Gasteiger charge is -2.27. The van der Waals surface area contributed by atoms with E-state index < -0.39 is 11.9 Å². The molecule has 2 aliphatic heterocycles. The number of fused-ring (bicyclic) bond motifs is 3. The summed E-state index contributed by atoms with van der Waals surface area (Å²) in [5.41, 5.74) is 2.37. The van der Waals surface area contributed by atoms with Gasteiger partial charge in [-0.15, -0.1) is 0 Å². The molecule has 35 heavy (non-hydrogen) atoms. The lowest BCUT2D eigenvalue weighted by atomic mass is 9.84. The Morgan fingerprint density at radius 1 is 0.914 bits per heavy atom. The van der Waals surface area contributed by atoms with Gasteiger partial charge in [-0.05, 0) is 53.6 Å². The van der Waals surface area contributed by atoms with Crippen LogP contribution in [0.5, 0.6) is 34.5 Å². The number of ether oxygens (including phenoxy) is 5. The maximum atomic E-state index is 13.2. The van der Waals surface area contributed by atoms with Crippen LogP contribution in [0.4, 0.5) is 0 Å². The van der Waals surface area contributed by atoms with Gasteiger partial charge in [0.05, 0.1) is 33.3 Å². The van der Waals surface area contributed by atoms with Crippen LogP contribution in [-0.4, -0.2) is 38.2 Å². The van der Waals surface area contributed by atoms with Crippen molar-refractivity contribution in [2.24, 2.45) is 0 Å². The highest BCUT2D eigenvalue weighted by Crippen LogP contribution is 2.51. The molecule has 0 fully saturated rings. The smallest absolute Gasteiger partial charge is 0.312 e. The van der Waals surface area contributed by atoms with Crippen molar-refractivity contribution in [2.75, 3.05) is 21.3 Å². The fraction of sp³-hybridized carbons (Fsp3) is 0.185. The molecule has 0 saturated carbocycles. The number of esters is 1. The number of benzene rings is 3. The first kappa shape index (κ1) is 22.3. The number of Topliss-reactive ketones (excluding diaryl/α,β-unsaturated/α-hetero) is 1. The molecule has 0 aromatic heterocycles. The van der Waals surface area contributed by atoms with Gasteiger partial charge in [0.25, 0.3) is 0 Å². The number of phenolic OH excluding ortho intramolecular Hbond substituents is 1. The average molecular weight is 474 g/mol. The summed E-state index contributed by atoms with van der Waals surface area (Å²) in [5, 5.41) is 10.3. The minimum Gasteiger partial charge on any atom is -0.502 e. The van der Waals surface area contributed by atoms with E-state index in [1.165, 1.54) is 14.2 Å². The third kappa shape index (κ3) is 3.82. The highest BCUT2D eigenvalue weighted by atomic mass is 16.5. The summed E-state index contributed by atoms with van der Waals surface area (Å²) in [7, 11) is 4.44. The predicted molar refractivity (Wildman–Crippen MR) is 126 cm³/mol. The largest absolute Gasteiger partial charge is 0.502 e. The van der Waals surface area contributed by atoms with E-state index in [0.29, 0.717) is 33.9 Å². The standard InChI is InChI=1S/C27H22O8/c1-31-16-6-4-14(5-7-16)10-22-25(29)17-8-9-19-24(27(17)35-22)18(13-23(28)34-19)15-11-20(32-2)26(30)21(12-15)33-3/h4-12,18,30H,13H2,1-3H3. The first-order valence-electron chi connectivity index (χ1n) is 10.8. The van der Waals surface area contributed by atoms with E-state index >= 15 is 0 Å². The molecule has 2 aliphatic rings. The quantitative estimate of drug-likeness (QED) is 0.328. The first-order valence-corrected chi connectivity index (χ1v) is 10.8. The second-order valence-corrected chi connectivity index (χ2v) is 8.07. The Bertz CT molecular complexity index is 1350. The zero-order chi connectivity index (χ0) is 24.7. The van der Waals surface area contributed by atoms with E-state index in [1.54, 1.807) is 49.6 Å². The Labute approximate surface area is 201 Å². The summed E-state index contributed by atoms with van der Waals surface area (Å²) >= 11 is 0. The lowest BCUT2D eigenvalue weighted by Crippen LogP contribution is -2.21. The number of ketones is 1. The number of hydrogen-bond donors (Lipinski definition) is 1. The Kier molecular flexibility index (Phi) is 5.56. The maximum absolute atomic E-state index is 13.2. The molecule has 178 valence electrons. The van der Waals surface area contributed by atoms with Gasteiger partial charge in [-0.25, -0.2) is 0 Å². The van der Waals surface area contributed by atoms with E-state index in [0.717, 1.165) is 5.56 Å². The van der Waals surface area contributed by atoms with Gasteiger partial charge in [0.1, 0.15) is 17.2 Å². The van der Waals surface area contributed by atoms with Crippen LogP contribution in [0.3, 0.4) is 0 Å². The van der Waals surface area contributed by atoms with Gasteiger partial charge in [0.15, 0.2) is 17.3 Å². The molecule has 3 aromatic carbocycles. The second kappa shape index (κ2) is 8.72. The molecular formula is C27H22O8. The van der Waals surface area contributed by atoms with Gasteiger partial charge in [0, 0.05) is 11.5 Å². The monoisotopic (exact) mass is 474 g/mol. The fourth-order valence-corrected chi connectivity index (χ4v) is 4.36. The van der Waals surface area contributed by atoms with Crippen molar-refractivity contribution in [1.29, 1.82) is 0 Å². The number of carbonyl (C=O) groups excluding carboxylic acids is 2. The summed E-state index contributed by atoms with van der Waals surface area (Å²) in [4.78, 5) is 25.6. The van der Waals surface area contributed by atoms with Gasteiger partial charge in [0.2, 0.25) is 11.5 Å². The van der Waals surface area contributed by atoms with E-state index in [-0.39, 0.29) is 35.2 Å². The highest BCUT2D eigenvalue weighted by Gasteiger charge is 2.39. The average Bonchev–Trinajstić information content (AvgIpc) is 3.19. The molecule has 1 N–H and O–H groups in total. The van der Waals surface area contributed by atoms with Crippen molar-refractivity contribution in [2.45, 2.75) is 12.3 Å². The molecule has 0 spiro atoms. The molecule has 5 rings (SSSR count).